The molecular formula is C16H24N2O2. The van der Waals surface area contributed by atoms with Crippen molar-refractivity contribution in [2.24, 2.45) is 0 Å². The number of nitrogens with zero attached hydrogens (tertiary/aromatic N) is 1. The van der Waals surface area contributed by atoms with Gasteiger partial charge >= 0.3 is 0 Å². The maximum atomic E-state index is 12.2. The molecule has 20 heavy (non-hydrogen) atoms. The van der Waals surface area contributed by atoms with Crippen molar-refractivity contribution in [1.29, 1.82) is 0 Å². The summed E-state index contributed by atoms with van der Waals surface area (Å²) in [5.41, 5.74) is 2.14. The van der Waals surface area contributed by atoms with E-state index in [4.69, 9.17) is 4.74 Å². The van der Waals surface area contributed by atoms with E-state index < -0.39 is 0 Å². The van der Waals surface area contributed by atoms with E-state index in [0.29, 0.717) is 6.04 Å². The van der Waals surface area contributed by atoms with Crippen LogP contribution in [-0.4, -0.2) is 43.6 Å². The Morgan fingerprint density at radius 2 is 1.90 bits per heavy atom. The van der Waals surface area contributed by atoms with Gasteiger partial charge in [0.05, 0.1) is 0 Å². The van der Waals surface area contributed by atoms with E-state index >= 15 is 0 Å². The zero-order valence-corrected chi connectivity index (χ0v) is 12.6. The molecule has 1 aromatic rings. The van der Waals surface area contributed by atoms with Gasteiger partial charge in [-0.1, -0.05) is 18.2 Å². The fourth-order valence-electron chi connectivity index (χ4n) is 2.66. The highest BCUT2D eigenvalue weighted by molar-refractivity contribution is 5.78. The van der Waals surface area contributed by atoms with E-state index in [2.05, 4.69) is 5.32 Å². The number of carbonyl (C=O) groups is 1. The Bertz CT molecular complexity index is 447. The van der Waals surface area contributed by atoms with Gasteiger partial charge in [0.1, 0.15) is 5.75 Å². The second-order valence-electron chi connectivity index (χ2n) is 5.50. The lowest BCUT2D eigenvalue weighted by atomic mass is 10.1. The molecule has 0 radical (unpaired) electrons. The molecule has 4 nitrogen and oxygen atoms in total. The summed E-state index contributed by atoms with van der Waals surface area (Å²) in [6.07, 6.45) is 2.04. The van der Waals surface area contributed by atoms with Crippen LogP contribution in [-0.2, 0) is 4.79 Å². The van der Waals surface area contributed by atoms with Gasteiger partial charge in [-0.05, 0) is 50.9 Å². The third-order valence-electron chi connectivity index (χ3n) is 4.00. The molecule has 0 aliphatic carbocycles. The predicted molar refractivity (Wildman–Crippen MR) is 80.1 cm³/mol. The number of piperidine rings is 1. The Morgan fingerprint density at radius 3 is 2.50 bits per heavy atom. The van der Waals surface area contributed by atoms with Crippen LogP contribution in [0.3, 0.4) is 0 Å². The number of hydrogen-bond acceptors (Lipinski definition) is 3. The molecule has 0 aromatic heterocycles. The Balaban J connectivity index is 1.91. The number of ether oxygens (including phenoxy) is 1. The molecule has 0 bridgehead atoms. The van der Waals surface area contributed by atoms with Crippen LogP contribution in [0.4, 0.5) is 0 Å². The zero-order valence-electron chi connectivity index (χ0n) is 12.6. The number of nitrogens with one attached hydrogen (secondary N) is 1. The summed E-state index contributed by atoms with van der Waals surface area (Å²) in [5, 5.41) is 3.31. The Kier molecular flexibility index (Phi) is 5.01. The summed E-state index contributed by atoms with van der Waals surface area (Å²) >= 11 is 0. The smallest absolute Gasteiger partial charge is 0.260 e. The van der Waals surface area contributed by atoms with Crippen molar-refractivity contribution in [3.63, 3.8) is 0 Å². The fourth-order valence-corrected chi connectivity index (χ4v) is 2.66. The lowest BCUT2D eigenvalue weighted by Gasteiger charge is -2.31. The zero-order chi connectivity index (χ0) is 14.5. The van der Waals surface area contributed by atoms with Crippen LogP contribution in [0.15, 0.2) is 18.2 Å². The molecule has 1 heterocycles. The third-order valence-corrected chi connectivity index (χ3v) is 4.00. The molecule has 2 rings (SSSR count). The van der Waals surface area contributed by atoms with Crippen LogP contribution in [0.25, 0.3) is 0 Å². The minimum Gasteiger partial charge on any atom is -0.483 e. The van der Waals surface area contributed by atoms with Gasteiger partial charge in [0.15, 0.2) is 6.61 Å². The van der Waals surface area contributed by atoms with Crippen LogP contribution >= 0.6 is 0 Å². The average Bonchev–Trinajstić information content (AvgIpc) is 2.46. The molecule has 1 saturated heterocycles. The Hall–Kier alpha value is -1.55. The quantitative estimate of drug-likeness (QED) is 0.913. The van der Waals surface area contributed by atoms with Crippen molar-refractivity contribution >= 4 is 5.91 Å². The van der Waals surface area contributed by atoms with E-state index in [-0.39, 0.29) is 12.5 Å². The van der Waals surface area contributed by atoms with Gasteiger partial charge in [-0.3, -0.25) is 4.79 Å². The molecule has 1 fully saturated rings. The van der Waals surface area contributed by atoms with E-state index in [1.807, 2.05) is 44.0 Å². The third kappa shape index (κ3) is 3.51. The highest BCUT2D eigenvalue weighted by atomic mass is 16.5. The molecule has 0 spiro atoms. The van der Waals surface area contributed by atoms with Gasteiger partial charge in [0.2, 0.25) is 0 Å². The number of para-hydroxylation sites is 1. The maximum absolute atomic E-state index is 12.2. The van der Waals surface area contributed by atoms with Gasteiger partial charge in [-0.15, -0.1) is 0 Å². The minimum atomic E-state index is 0.0551. The fraction of sp³-hybridized carbons (Fsp3) is 0.562. The van der Waals surface area contributed by atoms with Crippen LogP contribution in [0.5, 0.6) is 5.75 Å². The maximum Gasteiger partial charge on any atom is 0.260 e. The number of carbonyl (C=O) groups excluding carboxylic acids is 1. The second-order valence-corrected chi connectivity index (χ2v) is 5.50. The molecule has 1 aliphatic heterocycles. The van der Waals surface area contributed by atoms with Crippen LogP contribution in [0, 0.1) is 13.8 Å². The molecule has 1 amide bonds. The first-order chi connectivity index (χ1) is 9.59. The second kappa shape index (κ2) is 6.75. The summed E-state index contributed by atoms with van der Waals surface area (Å²) in [4.78, 5) is 14.1. The van der Waals surface area contributed by atoms with Crippen molar-refractivity contribution in [3.05, 3.63) is 29.3 Å². The summed E-state index contributed by atoms with van der Waals surface area (Å²) in [6.45, 7) is 6.10. The first-order valence-electron chi connectivity index (χ1n) is 7.25. The number of benzene rings is 1. The average molecular weight is 276 g/mol. The SMILES string of the molecule is Cc1cccc(C)c1OCC(=O)N(C)C1CCNCC1. The normalized spacial score (nSPS) is 15.9. The number of likely N-dealkylation sites (N-methyl/N-ethyl adjacent to an activating group) is 1. The van der Waals surface area contributed by atoms with Gasteiger partial charge in [0.25, 0.3) is 5.91 Å². The molecule has 0 unspecified atom stereocenters. The van der Waals surface area contributed by atoms with Gasteiger partial charge in [-0.25, -0.2) is 0 Å². The topological polar surface area (TPSA) is 41.6 Å². The summed E-state index contributed by atoms with van der Waals surface area (Å²) in [7, 11) is 1.88. The summed E-state index contributed by atoms with van der Waals surface area (Å²) in [5.74, 6) is 0.888. The van der Waals surface area contributed by atoms with E-state index in [0.717, 1.165) is 42.8 Å². The van der Waals surface area contributed by atoms with Crippen LogP contribution in [0.1, 0.15) is 24.0 Å². The molecular weight excluding hydrogens is 252 g/mol. The van der Waals surface area contributed by atoms with Crippen molar-refractivity contribution in [3.8, 4) is 5.75 Å². The van der Waals surface area contributed by atoms with Crippen LogP contribution < -0.4 is 10.1 Å². The van der Waals surface area contributed by atoms with E-state index in [1.54, 1.807) is 0 Å². The van der Waals surface area contributed by atoms with Gasteiger partial charge < -0.3 is 15.0 Å². The highest BCUT2D eigenvalue weighted by Gasteiger charge is 2.22. The van der Waals surface area contributed by atoms with Gasteiger partial charge in [0, 0.05) is 13.1 Å². The number of amides is 1. The molecule has 110 valence electrons. The largest absolute Gasteiger partial charge is 0.483 e. The number of aryl methyl sites for hydroxylation is 2. The Labute approximate surface area is 121 Å². The number of hydrogen-bond donors (Lipinski definition) is 1. The summed E-state index contributed by atoms with van der Waals surface area (Å²) < 4.78 is 5.73. The van der Waals surface area contributed by atoms with Crippen molar-refractivity contribution < 1.29 is 9.53 Å². The molecule has 1 N–H and O–H groups in total. The van der Waals surface area contributed by atoms with Crippen molar-refractivity contribution in [2.45, 2.75) is 32.7 Å². The monoisotopic (exact) mass is 276 g/mol. The highest BCUT2D eigenvalue weighted by Crippen LogP contribution is 2.22. The van der Waals surface area contributed by atoms with Gasteiger partial charge in [-0.2, -0.15) is 0 Å². The Morgan fingerprint density at radius 1 is 1.30 bits per heavy atom. The lowest BCUT2D eigenvalue weighted by Crippen LogP contribution is -2.45. The standard InChI is InChI=1S/C16H24N2O2/c1-12-5-4-6-13(2)16(12)20-11-15(19)18(3)14-7-9-17-10-8-14/h4-6,14,17H,7-11H2,1-3H3. The molecule has 1 aliphatic rings. The predicted octanol–water partition coefficient (Wildman–Crippen LogP) is 1.89. The van der Waals surface area contributed by atoms with E-state index in [9.17, 15) is 4.79 Å². The van der Waals surface area contributed by atoms with Crippen LogP contribution in [0.2, 0.25) is 0 Å². The molecule has 1 aromatic carbocycles. The molecule has 4 heteroatoms. The first-order valence-corrected chi connectivity index (χ1v) is 7.25. The van der Waals surface area contributed by atoms with E-state index in [1.165, 1.54) is 0 Å². The molecule has 0 atom stereocenters. The lowest BCUT2D eigenvalue weighted by molar-refractivity contribution is -0.134. The van der Waals surface area contributed by atoms with Crippen molar-refractivity contribution in [1.82, 2.24) is 10.2 Å². The first kappa shape index (κ1) is 14.9. The minimum absolute atomic E-state index is 0.0551. The number of rotatable bonds is 4. The molecule has 0 saturated carbocycles. The summed E-state index contributed by atoms with van der Waals surface area (Å²) in [6, 6.07) is 6.35. The van der Waals surface area contributed by atoms with Crippen molar-refractivity contribution in [2.75, 3.05) is 26.7 Å².